The molecule has 7 heteroatoms. The fraction of sp³-hybridized carbons (Fsp3) is 0.261. The molecular weight excluding hydrogens is 398 g/mol. The summed E-state index contributed by atoms with van der Waals surface area (Å²) in [6.45, 7) is 4.96. The number of fused-ring (bicyclic) bond motifs is 1. The van der Waals surface area contributed by atoms with Gasteiger partial charge in [-0.3, -0.25) is 4.79 Å². The Morgan fingerprint density at radius 1 is 1.13 bits per heavy atom. The van der Waals surface area contributed by atoms with Crippen LogP contribution in [0.15, 0.2) is 53.3 Å². The monoisotopic (exact) mass is 421 g/mol. The number of ether oxygens (including phenoxy) is 2. The first-order valence-electron chi connectivity index (χ1n) is 9.82. The molecule has 2 aromatic heterocycles. The number of hydrogen-bond acceptors (Lipinski definition) is 6. The van der Waals surface area contributed by atoms with Gasteiger partial charge in [0.25, 0.3) is 5.56 Å². The molecule has 0 unspecified atom stereocenters. The van der Waals surface area contributed by atoms with Crippen LogP contribution in [0, 0.1) is 5.92 Å². The minimum atomic E-state index is -0.180. The van der Waals surface area contributed by atoms with E-state index in [0.29, 0.717) is 39.3 Å². The van der Waals surface area contributed by atoms with Crippen LogP contribution in [0.4, 0.5) is 0 Å². The van der Waals surface area contributed by atoms with Gasteiger partial charge >= 0.3 is 0 Å². The highest BCUT2D eigenvalue weighted by Crippen LogP contribution is 2.28. The highest BCUT2D eigenvalue weighted by atomic mass is 32.1. The molecule has 6 nitrogen and oxygen atoms in total. The van der Waals surface area contributed by atoms with Crippen LogP contribution in [0.3, 0.4) is 0 Å². The number of aromatic nitrogens is 3. The van der Waals surface area contributed by atoms with Crippen molar-refractivity contribution in [1.82, 2.24) is 14.6 Å². The Labute approximate surface area is 178 Å². The number of thiazole rings is 1. The van der Waals surface area contributed by atoms with Crippen molar-refractivity contribution in [2.75, 3.05) is 13.7 Å². The zero-order chi connectivity index (χ0) is 21.1. The smallest absolute Gasteiger partial charge is 0.291 e. The molecule has 0 radical (unpaired) electrons. The van der Waals surface area contributed by atoms with Gasteiger partial charge < -0.3 is 9.47 Å². The second kappa shape index (κ2) is 8.67. The minimum absolute atomic E-state index is 0.180. The largest absolute Gasteiger partial charge is 0.493 e. The fourth-order valence-corrected chi connectivity index (χ4v) is 3.90. The zero-order valence-electron chi connectivity index (χ0n) is 17.2. The first-order chi connectivity index (χ1) is 14.5. The summed E-state index contributed by atoms with van der Waals surface area (Å²) in [5.74, 6) is 2.47. The lowest BCUT2D eigenvalue weighted by Crippen LogP contribution is -2.23. The van der Waals surface area contributed by atoms with E-state index in [2.05, 4.69) is 23.9 Å². The Bertz CT molecular complexity index is 1260. The van der Waals surface area contributed by atoms with Gasteiger partial charge in [0.1, 0.15) is 0 Å². The van der Waals surface area contributed by atoms with Gasteiger partial charge in [-0.05, 0) is 36.1 Å². The average Bonchev–Trinajstić information content (AvgIpc) is 3.29. The Morgan fingerprint density at radius 2 is 1.93 bits per heavy atom. The van der Waals surface area contributed by atoms with Gasteiger partial charge in [-0.1, -0.05) is 61.6 Å². The molecule has 0 bridgehead atoms. The third kappa shape index (κ3) is 4.21. The van der Waals surface area contributed by atoms with Gasteiger partial charge in [0.15, 0.2) is 17.3 Å². The maximum atomic E-state index is 12.8. The van der Waals surface area contributed by atoms with E-state index in [1.54, 1.807) is 7.11 Å². The van der Waals surface area contributed by atoms with Crippen molar-refractivity contribution in [3.8, 4) is 22.9 Å². The zero-order valence-corrected chi connectivity index (χ0v) is 18.0. The molecule has 0 amide bonds. The topological polar surface area (TPSA) is 65.7 Å². The summed E-state index contributed by atoms with van der Waals surface area (Å²) in [5, 5.41) is 4.38. The van der Waals surface area contributed by atoms with Gasteiger partial charge in [-0.2, -0.15) is 9.50 Å². The first kappa shape index (κ1) is 20.1. The van der Waals surface area contributed by atoms with Crippen molar-refractivity contribution >= 4 is 22.4 Å². The van der Waals surface area contributed by atoms with Crippen LogP contribution in [0.5, 0.6) is 11.5 Å². The third-order valence-corrected chi connectivity index (χ3v) is 5.61. The predicted molar refractivity (Wildman–Crippen MR) is 119 cm³/mol. The fourth-order valence-electron chi connectivity index (χ4n) is 2.99. The number of rotatable bonds is 7. The van der Waals surface area contributed by atoms with E-state index in [4.69, 9.17) is 9.47 Å². The number of methoxy groups -OCH3 is 1. The van der Waals surface area contributed by atoms with Gasteiger partial charge in [-0.25, -0.2) is 0 Å². The van der Waals surface area contributed by atoms with Crippen LogP contribution in [0.25, 0.3) is 22.4 Å². The summed E-state index contributed by atoms with van der Waals surface area (Å²) in [5.41, 5.74) is 1.56. The van der Waals surface area contributed by atoms with Crippen LogP contribution < -0.4 is 19.6 Å². The lowest BCUT2D eigenvalue weighted by atomic mass is 10.1. The summed E-state index contributed by atoms with van der Waals surface area (Å²) < 4.78 is 13.2. The second-order valence-corrected chi connectivity index (χ2v) is 8.36. The molecule has 154 valence electrons. The van der Waals surface area contributed by atoms with Crippen molar-refractivity contribution < 1.29 is 9.47 Å². The minimum Gasteiger partial charge on any atom is -0.493 e. The highest BCUT2D eigenvalue weighted by Gasteiger charge is 2.12. The van der Waals surface area contributed by atoms with Crippen LogP contribution >= 0.6 is 11.3 Å². The van der Waals surface area contributed by atoms with Gasteiger partial charge in [0, 0.05) is 5.56 Å². The van der Waals surface area contributed by atoms with Crippen LogP contribution in [0.2, 0.25) is 0 Å². The number of nitrogens with zero attached hydrogens (tertiary/aromatic N) is 3. The lowest BCUT2D eigenvalue weighted by Gasteiger charge is -2.12. The summed E-state index contributed by atoms with van der Waals surface area (Å²) in [6.07, 6.45) is 2.80. The molecule has 0 fully saturated rings. The molecule has 0 saturated heterocycles. The molecule has 2 heterocycles. The normalized spacial score (nSPS) is 12.1. The van der Waals surface area contributed by atoms with E-state index in [9.17, 15) is 4.79 Å². The van der Waals surface area contributed by atoms with Crippen molar-refractivity contribution in [2.24, 2.45) is 5.92 Å². The SMILES string of the molecule is COc1cc(/C=c2/sc3nc(-c4ccccc4)nn3c2=O)ccc1OCCC(C)C. The summed E-state index contributed by atoms with van der Waals surface area (Å²) >= 11 is 1.32. The molecule has 2 aromatic carbocycles. The first-order valence-corrected chi connectivity index (χ1v) is 10.6. The molecule has 0 aliphatic heterocycles. The van der Waals surface area contributed by atoms with Crippen molar-refractivity contribution in [2.45, 2.75) is 20.3 Å². The molecule has 0 N–H and O–H groups in total. The van der Waals surface area contributed by atoms with Crippen molar-refractivity contribution in [3.63, 3.8) is 0 Å². The Morgan fingerprint density at radius 3 is 2.63 bits per heavy atom. The number of hydrogen-bond donors (Lipinski definition) is 0. The molecule has 0 atom stereocenters. The van der Waals surface area contributed by atoms with E-state index in [1.165, 1.54) is 15.9 Å². The quantitative estimate of drug-likeness (QED) is 0.454. The van der Waals surface area contributed by atoms with Crippen molar-refractivity contribution in [1.29, 1.82) is 0 Å². The van der Waals surface area contributed by atoms with E-state index in [1.807, 2.05) is 54.6 Å². The van der Waals surface area contributed by atoms with Crippen LogP contribution in [-0.4, -0.2) is 28.3 Å². The summed E-state index contributed by atoms with van der Waals surface area (Å²) in [7, 11) is 1.61. The molecule has 0 saturated carbocycles. The maximum absolute atomic E-state index is 12.8. The Balaban J connectivity index is 1.63. The van der Waals surface area contributed by atoms with Crippen LogP contribution in [0.1, 0.15) is 25.8 Å². The maximum Gasteiger partial charge on any atom is 0.291 e. The van der Waals surface area contributed by atoms with Crippen LogP contribution in [-0.2, 0) is 0 Å². The second-order valence-electron chi connectivity index (χ2n) is 7.35. The summed E-state index contributed by atoms with van der Waals surface area (Å²) in [6, 6.07) is 15.3. The Hall–Kier alpha value is -3.19. The molecule has 30 heavy (non-hydrogen) atoms. The van der Waals surface area contributed by atoms with Gasteiger partial charge in [-0.15, -0.1) is 5.10 Å². The molecule has 4 rings (SSSR count). The standard InChI is InChI=1S/C23H23N3O3S/c1-15(2)11-12-29-18-10-9-16(13-19(18)28-3)14-20-22(27)26-23(30-20)24-21(25-26)17-7-5-4-6-8-17/h4-10,13-15H,11-12H2,1-3H3/b20-14+. The summed E-state index contributed by atoms with van der Waals surface area (Å²) in [4.78, 5) is 17.9. The molecule has 0 spiro atoms. The van der Waals surface area contributed by atoms with E-state index in [0.717, 1.165) is 17.5 Å². The molecule has 0 aliphatic rings. The molecule has 0 aliphatic carbocycles. The van der Waals surface area contributed by atoms with E-state index in [-0.39, 0.29) is 5.56 Å². The highest BCUT2D eigenvalue weighted by molar-refractivity contribution is 7.15. The third-order valence-electron chi connectivity index (χ3n) is 4.65. The molecular formula is C23H23N3O3S. The average molecular weight is 422 g/mol. The van der Waals surface area contributed by atoms with E-state index < -0.39 is 0 Å². The Kier molecular flexibility index (Phi) is 5.81. The molecule has 4 aromatic rings. The lowest BCUT2D eigenvalue weighted by molar-refractivity contribution is 0.273. The van der Waals surface area contributed by atoms with Gasteiger partial charge in [0.05, 0.1) is 18.2 Å². The predicted octanol–water partition coefficient (Wildman–Crippen LogP) is 3.80. The number of benzene rings is 2. The van der Waals surface area contributed by atoms with Gasteiger partial charge in [0.2, 0.25) is 4.96 Å². The van der Waals surface area contributed by atoms with E-state index >= 15 is 0 Å². The van der Waals surface area contributed by atoms with Crippen molar-refractivity contribution in [3.05, 3.63) is 69.0 Å².